The molecule has 0 fully saturated rings. The van der Waals surface area contributed by atoms with Crippen LogP contribution in [0.5, 0.6) is 0 Å². The summed E-state index contributed by atoms with van der Waals surface area (Å²) in [5.41, 5.74) is 5.99. The number of aliphatic hydroxyl groups is 1. The van der Waals surface area contributed by atoms with Gasteiger partial charge in [0.25, 0.3) is 0 Å². The molecule has 0 aliphatic carbocycles. The third-order valence-corrected chi connectivity index (χ3v) is 4.59. The Morgan fingerprint density at radius 1 is 0.900 bits per heavy atom. The molecule has 30 heavy (non-hydrogen) atoms. The van der Waals surface area contributed by atoms with Crippen LogP contribution in [0, 0.1) is 0 Å². The number of nitrogens with zero attached hydrogens (tertiary/aromatic N) is 4. The van der Waals surface area contributed by atoms with Gasteiger partial charge in [-0.2, -0.15) is 0 Å². The summed E-state index contributed by atoms with van der Waals surface area (Å²) < 4.78 is 1.76. The van der Waals surface area contributed by atoms with Gasteiger partial charge in [-0.3, -0.25) is 4.98 Å². The standard InChI is InChI=1S/C24H23N5O/c30-15-3-7-23-18-29(28-27-23)24-8-2-6-22(17-24)26-21-5-1-4-20(16-21)10-9-19-11-13-25-14-12-19/h1-2,4-6,8-14,16-18,26,30H,3,7,15H2/b10-9+. The Balaban J connectivity index is 1.47. The fourth-order valence-electron chi connectivity index (χ4n) is 3.08. The van der Waals surface area contributed by atoms with Gasteiger partial charge in [0.2, 0.25) is 0 Å². The molecule has 2 heterocycles. The van der Waals surface area contributed by atoms with Crippen LogP contribution in [0.25, 0.3) is 17.8 Å². The van der Waals surface area contributed by atoms with E-state index in [2.05, 4.69) is 44.9 Å². The van der Waals surface area contributed by atoms with Crippen LogP contribution in [0.3, 0.4) is 0 Å². The summed E-state index contributed by atoms with van der Waals surface area (Å²) in [6.45, 7) is 0.156. The van der Waals surface area contributed by atoms with E-state index in [1.807, 2.05) is 54.7 Å². The average Bonchev–Trinajstić information content (AvgIpc) is 3.27. The highest BCUT2D eigenvalue weighted by Crippen LogP contribution is 2.21. The van der Waals surface area contributed by atoms with Gasteiger partial charge in [-0.05, 0) is 66.4 Å². The molecule has 150 valence electrons. The van der Waals surface area contributed by atoms with Gasteiger partial charge >= 0.3 is 0 Å². The summed E-state index contributed by atoms with van der Waals surface area (Å²) in [6.07, 6.45) is 11.0. The van der Waals surface area contributed by atoms with E-state index in [0.29, 0.717) is 12.8 Å². The molecule has 0 bridgehead atoms. The van der Waals surface area contributed by atoms with Crippen molar-refractivity contribution < 1.29 is 5.11 Å². The first-order valence-electron chi connectivity index (χ1n) is 9.88. The van der Waals surface area contributed by atoms with E-state index < -0.39 is 0 Å². The second-order valence-corrected chi connectivity index (χ2v) is 6.90. The number of nitrogens with one attached hydrogen (secondary N) is 1. The number of rotatable bonds is 8. The Morgan fingerprint density at radius 2 is 1.67 bits per heavy atom. The molecule has 0 spiro atoms. The van der Waals surface area contributed by atoms with Gasteiger partial charge in [-0.25, -0.2) is 4.68 Å². The summed E-state index contributed by atoms with van der Waals surface area (Å²) >= 11 is 0. The first-order valence-corrected chi connectivity index (χ1v) is 9.88. The van der Waals surface area contributed by atoms with Crippen LogP contribution in [-0.4, -0.2) is 31.7 Å². The quantitative estimate of drug-likeness (QED) is 0.458. The molecular weight excluding hydrogens is 374 g/mol. The molecule has 4 rings (SSSR count). The van der Waals surface area contributed by atoms with Crippen molar-refractivity contribution in [2.24, 2.45) is 0 Å². The van der Waals surface area contributed by atoms with Crippen LogP contribution in [0.15, 0.2) is 79.3 Å². The number of aryl methyl sites for hydroxylation is 1. The lowest BCUT2D eigenvalue weighted by molar-refractivity contribution is 0.288. The van der Waals surface area contributed by atoms with Crippen LogP contribution in [0.1, 0.15) is 23.2 Å². The van der Waals surface area contributed by atoms with Crippen molar-refractivity contribution in [2.45, 2.75) is 12.8 Å². The topological polar surface area (TPSA) is 75.9 Å². The van der Waals surface area contributed by atoms with Crippen molar-refractivity contribution in [2.75, 3.05) is 11.9 Å². The molecule has 6 heteroatoms. The van der Waals surface area contributed by atoms with Gasteiger partial charge in [0.15, 0.2) is 0 Å². The molecule has 0 saturated carbocycles. The molecule has 0 saturated heterocycles. The Morgan fingerprint density at radius 3 is 2.50 bits per heavy atom. The molecule has 0 aliphatic rings. The summed E-state index contributed by atoms with van der Waals surface area (Å²) in [4.78, 5) is 4.04. The number of anilines is 2. The number of hydrogen-bond acceptors (Lipinski definition) is 5. The van der Waals surface area contributed by atoms with E-state index >= 15 is 0 Å². The molecule has 0 atom stereocenters. The zero-order valence-corrected chi connectivity index (χ0v) is 16.5. The second-order valence-electron chi connectivity index (χ2n) is 6.90. The van der Waals surface area contributed by atoms with E-state index in [1.54, 1.807) is 17.1 Å². The largest absolute Gasteiger partial charge is 0.396 e. The maximum atomic E-state index is 8.97. The van der Waals surface area contributed by atoms with Crippen molar-refractivity contribution >= 4 is 23.5 Å². The normalized spacial score (nSPS) is 11.1. The fraction of sp³-hybridized carbons (Fsp3) is 0.125. The van der Waals surface area contributed by atoms with Gasteiger partial charge in [0, 0.05) is 30.4 Å². The molecule has 4 aromatic rings. The van der Waals surface area contributed by atoms with Crippen LogP contribution in [0.2, 0.25) is 0 Å². The van der Waals surface area contributed by atoms with Crippen molar-refractivity contribution in [3.8, 4) is 5.69 Å². The summed E-state index contributed by atoms with van der Waals surface area (Å²) in [7, 11) is 0. The minimum absolute atomic E-state index is 0.156. The van der Waals surface area contributed by atoms with E-state index in [1.165, 1.54) is 0 Å². The zero-order chi connectivity index (χ0) is 20.6. The second kappa shape index (κ2) is 9.62. The lowest BCUT2D eigenvalue weighted by Gasteiger charge is -2.09. The van der Waals surface area contributed by atoms with Gasteiger partial charge in [-0.1, -0.05) is 35.6 Å². The third kappa shape index (κ3) is 5.18. The van der Waals surface area contributed by atoms with Gasteiger partial charge in [0.1, 0.15) is 0 Å². The molecule has 2 aromatic heterocycles. The number of aromatic nitrogens is 4. The molecule has 0 radical (unpaired) electrons. The Labute approximate surface area is 175 Å². The number of hydrogen-bond donors (Lipinski definition) is 2. The molecule has 6 nitrogen and oxygen atoms in total. The maximum absolute atomic E-state index is 8.97. The Hall–Kier alpha value is -3.77. The zero-order valence-electron chi connectivity index (χ0n) is 16.5. The molecule has 2 aromatic carbocycles. The van der Waals surface area contributed by atoms with E-state index in [9.17, 15) is 0 Å². The highest BCUT2D eigenvalue weighted by atomic mass is 16.2. The number of benzene rings is 2. The Kier molecular flexibility index (Phi) is 6.27. The minimum atomic E-state index is 0.156. The van der Waals surface area contributed by atoms with Crippen molar-refractivity contribution in [3.05, 3.63) is 96.1 Å². The SMILES string of the molecule is OCCCc1cn(-c2cccc(Nc3cccc(/C=C/c4ccncc4)c3)c2)nn1. The predicted octanol–water partition coefficient (Wildman–Crippen LogP) is 4.50. The average molecular weight is 397 g/mol. The van der Waals surface area contributed by atoms with Gasteiger partial charge in [0.05, 0.1) is 17.6 Å². The fourth-order valence-corrected chi connectivity index (χ4v) is 3.08. The molecule has 0 unspecified atom stereocenters. The van der Waals surface area contributed by atoms with E-state index in [4.69, 9.17) is 5.11 Å². The lowest BCUT2D eigenvalue weighted by Crippen LogP contribution is -1.97. The number of pyridine rings is 1. The third-order valence-electron chi connectivity index (χ3n) is 4.59. The van der Waals surface area contributed by atoms with Crippen LogP contribution in [-0.2, 0) is 6.42 Å². The molecule has 0 aliphatic heterocycles. The van der Waals surface area contributed by atoms with Crippen molar-refractivity contribution in [1.82, 2.24) is 20.0 Å². The predicted molar refractivity (Wildman–Crippen MR) is 120 cm³/mol. The smallest absolute Gasteiger partial charge is 0.0832 e. The highest BCUT2D eigenvalue weighted by molar-refractivity contribution is 5.72. The van der Waals surface area contributed by atoms with Gasteiger partial charge in [-0.15, -0.1) is 5.10 Å². The van der Waals surface area contributed by atoms with E-state index in [-0.39, 0.29) is 6.61 Å². The van der Waals surface area contributed by atoms with Crippen molar-refractivity contribution in [3.63, 3.8) is 0 Å². The molecule has 0 amide bonds. The highest BCUT2D eigenvalue weighted by Gasteiger charge is 2.04. The van der Waals surface area contributed by atoms with Crippen LogP contribution in [0.4, 0.5) is 11.4 Å². The molecular formula is C24H23N5O. The molecule has 2 N–H and O–H groups in total. The van der Waals surface area contributed by atoms with E-state index in [0.717, 1.165) is 33.9 Å². The summed E-state index contributed by atoms with van der Waals surface area (Å²) in [6, 6.07) is 20.2. The minimum Gasteiger partial charge on any atom is -0.396 e. The van der Waals surface area contributed by atoms with Crippen molar-refractivity contribution in [1.29, 1.82) is 0 Å². The van der Waals surface area contributed by atoms with Crippen LogP contribution >= 0.6 is 0 Å². The monoisotopic (exact) mass is 397 g/mol. The lowest BCUT2D eigenvalue weighted by atomic mass is 10.1. The summed E-state index contributed by atoms with van der Waals surface area (Å²) in [5, 5.41) is 20.8. The number of aliphatic hydroxyl groups excluding tert-OH is 1. The summed E-state index contributed by atoms with van der Waals surface area (Å²) in [5.74, 6) is 0. The first-order chi connectivity index (χ1) is 14.8. The van der Waals surface area contributed by atoms with Gasteiger partial charge < -0.3 is 10.4 Å². The maximum Gasteiger partial charge on any atom is 0.0832 e. The first kappa shape index (κ1) is 19.5. The Bertz CT molecular complexity index is 1120. The van der Waals surface area contributed by atoms with Crippen LogP contribution < -0.4 is 5.32 Å².